The molecule has 0 bridgehead atoms. The van der Waals surface area contributed by atoms with E-state index in [1.165, 1.54) is 28.9 Å². The van der Waals surface area contributed by atoms with Gasteiger partial charge in [0.2, 0.25) is 5.13 Å². The van der Waals surface area contributed by atoms with Gasteiger partial charge in [0.25, 0.3) is 10.0 Å². The van der Waals surface area contributed by atoms with Gasteiger partial charge < -0.3 is 4.74 Å². The van der Waals surface area contributed by atoms with E-state index in [0.717, 1.165) is 5.39 Å². The molecule has 0 aliphatic rings. The third-order valence-electron chi connectivity index (χ3n) is 3.95. The minimum Gasteiger partial charge on any atom is -0.495 e. The molecular weight excluding hydrogens is 384 g/mol. The lowest BCUT2D eigenvalue weighted by atomic mass is 10.2. The summed E-state index contributed by atoms with van der Waals surface area (Å²) < 4.78 is 33.7. The van der Waals surface area contributed by atoms with Gasteiger partial charge in [-0.3, -0.25) is 0 Å². The topological polar surface area (TPSA) is 85.3 Å². The van der Waals surface area contributed by atoms with Gasteiger partial charge in [0.05, 0.1) is 24.4 Å². The maximum atomic E-state index is 13.5. The van der Waals surface area contributed by atoms with Gasteiger partial charge in [-0.25, -0.2) is 17.7 Å². The molecule has 0 saturated heterocycles. The lowest BCUT2D eigenvalue weighted by molar-refractivity contribution is 0.416. The summed E-state index contributed by atoms with van der Waals surface area (Å²) in [6, 6.07) is 11.8. The highest BCUT2D eigenvalue weighted by Gasteiger charge is 2.30. The van der Waals surface area contributed by atoms with E-state index in [4.69, 9.17) is 4.74 Å². The molecule has 0 aliphatic heterocycles. The van der Waals surface area contributed by atoms with Crippen molar-refractivity contribution in [1.29, 1.82) is 0 Å². The highest BCUT2D eigenvalue weighted by molar-refractivity contribution is 7.93. The Morgan fingerprint density at radius 1 is 1.04 bits per heavy atom. The van der Waals surface area contributed by atoms with Crippen LogP contribution in [0.5, 0.6) is 5.75 Å². The van der Waals surface area contributed by atoms with Gasteiger partial charge in [-0.05, 0) is 24.3 Å². The van der Waals surface area contributed by atoms with E-state index >= 15 is 0 Å². The molecule has 0 spiro atoms. The number of sulfonamides is 1. The Labute approximate surface area is 159 Å². The lowest BCUT2D eigenvalue weighted by Crippen LogP contribution is -2.26. The van der Waals surface area contributed by atoms with E-state index in [9.17, 15) is 8.42 Å². The second kappa shape index (κ2) is 6.93. The van der Waals surface area contributed by atoms with E-state index in [1.807, 2.05) is 0 Å². The van der Waals surface area contributed by atoms with Crippen LogP contribution in [0.2, 0.25) is 0 Å². The summed E-state index contributed by atoms with van der Waals surface area (Å²) in [5.74, 6) is 0.433. The summed E-state index contributed by atoms with van der Waals surface area (Å²) in [7, 11) is -2.45. The Morgan fingerprint density at radius 3 is 2.56 bits per heavy atom. The summed E-state index contributed by atoms with van der Waals surface area (Å²) in [4.78, 5) is 4.34. The average molecular weight is 398 g/mol. The second-order valence-corrected chi connectivity index (χ2v) is 8.20. The molecule has 0 N–H and O–H groups in total. The van der Waals surface area contributed by atoms with E-state index in [0.29, 0.717) is 22.0 Å². The Balaban J connectivity index is 1.93. The number of fused-ring (bicyclic) bond motifs is 1. The van der Waals surface area contributed by atoms with E-state index in [-0.39, 0.29) is 4.90 Å². The van der Waals surface area contributed by atoms with Crippen molar-refractivity contribution in [3.05, 3.63) is 66.4 Å². The first-order valence-electron chi connectivity index (χ1n) is 7.89. The fourth-order valence-corrected chi connectivity index (χ4v) is 5.06. The zero-order valence-corrected chi connectivity index (χ0v) is 15.8. The van der Waals surface area contributed by atoms with E-state index < -0.39 is 10.0 Å². The molecule has 27 heavy (non-hydrogen) atoms. The predicted molar refractivity (Wildman–Crippen MR) is 104 cm³/mol. The number of aromatic nitrogens is 3. The van der Waals surface area contributed by atoms with Crippen molar-refractivity contribution < 1.29 is 13.2 Å². The number of anilines is 2. The predicted octanol–water partition coefficient (Wildman–Crippen LogP) is 3.62. The fourth-order valence-electron chi connectivity index (χ4n) is 2.69. The average Bonchev–Trinajstić information content (AvgIpc) is 3.22. The van der Waals surface area contributed by atoms with Crippen molar-refractivity contribution in [2.75, 3.05) is 11.4 Å². The molecular formula is C18H14N4O3S2. The van der Waals surface area contributed by atoms with Crippen molar-refractivity contribution in [3.8, 4) is 5.75 Å². The zero-order chi connectivity index (χ0) is 18.9. The van der Waals surface area contributed by atoms with Crippen molar-refractivity contribution in [3.63, 3.8) is 0 Å². The number of hydrogen-bond acceptors (Lipinski definition) is 7. The molecule has 0 unspecified atom stereocenters. The number of para-hydroxylation sites is 2. The second-order valence-electron chi connectivity index (χ2n) is 5.54. The van der Waals surface area contributed by atoms with Crippen LogP contribution in [0.15, 0.2) is 71.3 Å². The van der Waals surface area contributed by atoms with E-state index in [2.05, 4.69) is 15.2 Å². The summed E-state index contributed by atoms with van der Waals surface area (Å²) in [5, 5.41) is 11.2. The van der Waals surface area contributed by atoms with Crippen LogP contribution >= 0.6 is 11.3 Å². The minimum atomic E-state index is -3.95. The molecule has 4 aromatic rings. The van der Waals surface area contributed by atoms with Crippen molar-refractivity contribution in [2.45, 2.75) is 4.90 Å². The molecule has 0 radical (unpaired) electrons. The first-order chi connectivity index (χ1) is 13.1. The molecule has 0 fully saturated rings. The number of hydrogen-bond donors (Lipinski definition) is 0. The SMILES string of the molecule is COc1ccccc1N(c1nccs1)S(=O)(=O)c1ccc2cnncc2c1. The number of thiazole rings is 1. The Hall–Kier alpha value is -3.04. The number of nitrogens with zero attached hydrogens (tertiary/aromatic N) is 4. The Bertz CT molecular complexity index is 1190. The lowest BCUT2D eigenvalue weighted by Gasteiger charge is -2.23. The van der Waals surface area contributed by atoms with Gasteiger partial charge in [-0.1, -0.05) is 18.2 Å². The van der Waals surface area contributed by atoms with Gasteiger partial charge in [-0.15, -0.1) is 11.3 Å². The standard InChI is InChI=1S/C18H14N4O3S2/c1-25-17-5-3-2-4-16(17)22(18-19-8-9-26-18)27(23,24)15-7-6-13-11-20-21-12-14(13)10-15/h2-12H,1H3. The summed E-state index contributed by atoms with van der Waals surface area (Å²) >= 11 is 1.23. The number of ether oxygens (including phenoxy) is 1. The molecule has 7 nitrogen and oxygen atoms in total. The normalized spacial score (nSPS) is 11.4. The summed E-state index contributed by atoms with van der Waals surface area (Å²) in [6.07, 6.45) is 4.68. The van der Waals surface area contributed by atoms with Crippen molar-refractivity contribution >= 4 is 43.0 Å². The monoisotopic (exact) mass is 398 g/mol. The first kappa shape index (κ1) is 17.4. The first-order valence-corrected chi connectivity index (χ1v) is 10.2. The van der Waals surface area contributed by atoms with Gasteiger partial charge in [0.1, 0.15) is 11.4 Å². The molecule has 2 aromatic heterocycles. The van der Waals surface area contributed by atoms with Crippen LogP contribution in [0, 0.1) is 0 Å². The summed E-state index contributed by atoms with van der Waals surface area (Å²) in [6.45, 7) is 0. The minimum absolute atomic E-state index is 0.129. The van der Waals surface area contributed by atoms with Crippen molar-refractivity contribution in [1.82, 2.24) is 15.2 Å². The van der Waals surface area contributed by atoms with Crippen LogP contribution in [0.1, 0.15) is 0 Å². The molecule has 9 heteroatoms. The van der Waals surface area contributed by atoms with Crippen LogP contribution in [0.4, 0.5) is 10.8 Å². The number of benzene rings is 2. The van der Waals surface area contributed by atoms with Gasteiger partial charge in [0, 0.05) is 22.3 Å². The van der Waals surface area contributed by atoms with Crippen molar-refractivity contribution in [2.24, 2.45) is 0 Å². The van der Waals surface area contributed by atoms with Crippen LogP contribution in [-0.4, -0.2) is 30.7 Å². The van der Waals surface area contributed by atoms with Crippen LogP contribution in [-0.2, 0) is 10.0 Å². The third kappa shape index (κ3) is 3.11. The fraction of sp³-hybridized carbons (Fsp3) is 0.0556. The molecule has 0 amide bonds. The van der Waals surface area contributed by atoms with Gasteiger partial charge in [0.15, 0.2) is 0 Å². The number of rotatable bonds is 5. The Morgan fingerprint density at radius 2 is 1.81 bits per heavy atom. The number of methoxy groups -OCH3 is 1. The molecule has 0 atom stereocenters. The summed E-state index contributed by atoms with van der Waals surface area (Å²) in [5.41, 5.74) is 0.392. The molecule has 2 aromatic carbocycles. The maximum Gasteiger partial charge on any atom is 0.270 e. The zero-order valence-electron chi connectivity index (χ0n) is 14.2. The maximum absolute atomic E-state index is 13.5. The smallest absolute Gasteiger partial charge is 0.270 e. The van der Waals surface area contributed by atoms with Gasteiger partial charge in [-0.2, -0.15) is 10.2 Å². The van der Waals surface area contributed by atoms with Crippen LogP contribution in [0.3, 0.4) is 0 Å². The van der Waals surface area contributed by atoms with Crippen LogP contribution in [0.25, 0.3) is 10.8 Å². The molecule has 0 aliphatic carbocycles. The molecule has 2 heterocycles. The van der Waals surface area contributed by atoms with E-state index in [1.54, 1.807) is 60.2 Å². The third-order valence-corrected chi connectivity index (χ3v) is 6.53. The highest BCUT2D eigenvalue weighted by Crippen LogP contribution is 2.39. The largest absolute Gasteiger partial charge is 0.495 e. The molecule has 136 valence electrons. The molecule has 0 saturated carbocycles. The quantitative estimate of drug-likeness (QED) is 0.510. The van der Waals surface area contributed by atoms with Gasteiger partial charge >= 0.3 is 0 Å². The highest BCUT2D eigenvalue weighted by atomic mass is 32.2. The van der Waals surface area contributed by atoms with Crippen LogP contribution < -0.4 is 9.04 Å². The Kier molecular flexibility index (Phi) is 4.46. The molecule has 4 rings (SSSR count).